The summed E-state index contributed by atoms with van der Waals surface area (Å²) in [5, 5.41) is 0. The third-order valence-corrected chi connectivity index (χ3v) is 5.43. The molecular weight excluding hydrogens is 352 g/mol. The molecule has 0 aliphatic carbocycles. The number of hydrogen-bond donors (Lipinski definition) is 0. The molecule has 0 saturated carbocycles. The SMILES string of the molecule is COc1ncnc2c1ncn2CCCN1CCN(Cc2ccc(C)cc2)CC1. The second-order valence-corrected chi connectivity index (χ2v) is 7.45. The Hall–Kier alpha value is -2.51. The van der Waals surface area contributed by atoms with Crippen LogP contribution in [-0.4, -0.2) is 69.2 Å². The van der Waals surface area contributed by atoms with Gasteiger partial charge in [0.25, 0.3) is 0 Å². The van der Waals surface area contributed by atoms with Gasteiger partial charge in [0, 0.05) is 39.3 Å². The first kappa shape index (κ1) is 18.8. The number of benzene rings is 1. The lowest BCUT2D eigenvalue weighted by Crippen LogP contribution is -2.46. The van der Waals surface area contributed by atoms with E-state index in [2.05, 4.69) is 60.5 Å². The molecule has 2 aromatic heterocycles. The van der Waals surface area contributed by atoms with Crippen molar-refractivity contribution in [2.75, 3.05) is 39.8 Å². The number of methoxy groups -OCH3 is 1. The van der Waals surface area contributed by atoms with E-state index in [4.69, 9.17) is 4.74 Å². The topological polar surface area (TPSA) is 59.3 Å². The number of nitrogens with zero attached hydrogens (tertiary/aromatic N) is 6. The van der Waals surface area contributed by atoms with Crippen LogP contribution in [0.3, 0.4) is 0 Å². The standard InChI is InChI=1S/C21H28N6O/c1-17-4-6-18(7-5-17)14-26-12-10-25(11-13-26)8-3-9-27-16-24-19-20(27)22-15-23-21(19)28-2/h4-7,15-16H,3,8-14H2,1-2H3. The molecule has 1 saturated heterocycles. The summed E-state index contributed by atoms with van der Waals surface area (Å²) in [5.74, 6) is 0.536. The first-order chi connectivity index (χ1) is 13.7. The van der Waals surface area contributed by atoms with Gasteiger partial charge < -0.3 is 14.2 Å². The molecule has 7 heteroatoms. The van der Waals surface area contributed by atoms with Crippen LogP contribution in [0, 0.1) is 6.92 Å². The predicted molar refractivity (Wildman–Crippen MR) is 109 cm³/mol. The van der Waals surface area contributed by atoms with Crippen molar-refractivity contribution in [1.29, 1.82) is 0 Å². The van der Waals surface area contributed by atoms with E-state index in [-0.39, 0.29) is 0 Å². The van der Waals surface area contributed by atoms with Gasteiger partial charge in [-0.25, -0.2) is 9.97 Å². The number of rotatable bonds is 7. The van der Waals surface area contributed by atoms with Gasteiger partial charge in [-0.2, -0.15) is 4.98 Å². The lowest BCUT2D eigenvalue weighted by molar-refractivity contribution is 0.125. The summed E-state index contributed by atoms with van der Waals surface area (Å²) in [6.07, 6.45) is 4.45. The lowest BCUT2D eigenvalue weighted by atomic mass is 10.1. The molecule has 0 spiro atoms. The molecule has 0 radical (unpaired) electrons. The molecule has 0 amide bonds. The highest BCUT2D eigenvalue weighted by atomic mass is 16.5. The number of ether oxygens (including phenoxy) is 1. The molecule has 3 aromatic rings. The third-order valence-electron chi connectivity index (χ3n) is 5.43. The molecular formula is C21H28N6O. The maximum Gasteiger partial charge on any atom is 0.245 e. The molecule has 1 aliphatic rings. The Morgan fingerprint density at radius 3 is 2.43 bits per heavy atom. The van der Waals surface area contributed by atoms with Gasteiger partial charge in [0.1, 0.15) is 6.33 Å². The first-order valence-corrected chi connectivity index (χ1v) is 9.93. The molecule has 4 rings (SSSR count). The largest absolute Gasteiger partial charge is 0.479 e. The fraction of sp³-hybridized carbons (Fsp3) is 0.476. The zero-order valence-electron chi connectivity index (χ0n) is 16.7. The summed E-state index contributed by atoms with van der Waals surface area (Å²) < 4.78 is 7.35. The minimum Gasteiger partial charge on any atom is -0.479 e. The monoisotopic (exact) mass is 380 g/mol. The molecule has 0 N–H and O–H groups in total. The fourth-order valence-corrected chi connectivity index (χ4v) is 3.76. The van der Waals surface area contributed by atoms with Crippen LogP contribution in [0.5, 0.6) is 5.88 Å². The van der Waals surface area contributed by atoms with E-state index in [1.54, 1.807) is 7.11 Å². The van der Waals surface area contributed by atoms with Gasteiger partial charge in [0.2, 0.25) is 5.88 Å². The van der Waals surface area contributed by atoms with Crippen molar-refractivity contribution < 1.29 is 4.74 Å². The van der Waals surface area contributed by atoms with Crippen molar-refractivity contribution >= 4 is 11.2 Å². The van der Waals surface area contributed by atoms with Crippen LogP contribution in [0.2, 0.25) is 0 Å². The van der Waals surface area contributed by atoms with Crippen molar-refractivity contribution in [3.63, 3.8) is 0 Å². The van der Waals surface area contributed by atoms with Gasteiger partial charge in [-0.3, -0.25) is 4.90 Å². The molecule has 0 bridgehead atoms. The Kier molecular flexibility index (Phi) is 5.83. The predicted octanol–water partition coefficient (Wildman–Crippen LogP) is 2.35. The number of fused-ring (bicyclic) bond motifs is 1. The summed E-state index contributed by atoms with van der Waals surface area (Å²) >= 11 is 0. The Morgan fingerprint density at radius 1 is 0.929 bits per heavy atom. The van der Waals surface area contributed by atoms with Crippen LogP contribution < -0.4 is 4.74 Å². The normalized spacial score (nSPS) is 15.9. The summed E-state index contributed by atoms with van der Waals surface area (Å²) in [6.45, 7) is 9.72. The molecule has 148 valence electrons. The molecule has 1 fully saturated rings. The summed E-state index contributed by atoms with van der Waals surface area (Å²) in [5.41, 5.74) is 4.30. The number of imidazole rings is 1. The smallest absolute Gasteiger partial charge is 0.245 e. The third kappa shape index (κ3) is 4.31. The zero-order chi connectivity index (χ0) is 19.3. The maximum atomic E-state index is 5.26. The molecule has 1 aliphatic heterocycles. The van der Waals surface area contributed by atoms with Crippen LogP contribution in [0.4, 0.5) is 0 Å². The highest BCUT2D eigenvalue weighted by molar-refractivity contribution is 5.75. The highest BCUT2D eigenvalue weighted by Gasteiger charge is 2.17. The van der Waals surface area contributed by atoms with Crippen LogP contribution in [-0.2, 0) is 13.1 Å². The summed E-state index contributed by atoms with van der Waals surface area (Å²) in [6, 6.07) is 8.89. The zero-order valence-corrected chi connectivity index (χ0v) is 16.7. The Labute approximate surface area is 166 Å². The Morgan fingerprint density at radius 2 is 1.68 bits per heavy atom. The number of piperazine rings is 1. The van der Waals surface area contributed by atoms with E-state index < -0.39 is 0 Å². The number of aryl methyl sites for hydroxylation is 2. The van der Waals surface area contributed by atoms with Gasteiger partial charge >= 0.3 is 0 Å². The van der Waals surface area contributed by atoms with Gasteiger partial charge in [0.05, 0.1) is 13.4 Å². The first-order valence-electron chi connectivity index (χ1n) is 9.93. The van der Waals surface area contributed by atoms with Gasteiger partial charge in [0.15, 0.2) is 11.2 Å². The van der Waals surface area contributed by atoms with Gasteiger partial charge in [-0.15, -0.1) is 0 Å². The molecule has 28 heavy (non-hydrogen) atoms. The highest BCUT2D eigenvalue weighted by Crippen LogP contribution is 2.19. The number of aromatic nitrogens is 4. The average molecular weight is 380 g/mol. The van der Waals surface area contributed by atoms with E-state index in [1.807, 2.05) is 6.33 Å². The van der Waals surface area contributed by atoms with Crippen molar-refractivity contribution in [1.82, 2.24) is 29.3 Å². The number of hydrogen-bond acceptors (Lipinski definition) is 6. The van der Waals surface area contributed by atoms with E-state index in [0.717, 1.165) is 63.4 Å². The Balaban J connectivity index is 1.23. The summed E-state index contributed by atoms with van der Waals surface area (Å²) in [7, 11) is 1.61. The van der Waals surface area contributed by atoms with E-state index >= 15 is 0 Å². The molecule has 3 heterocycles. The summed E-state index contributed by atoms with van der Waals surface area (Å²) in [4.78, 5) is 18.0. The molecule has 0 atom stereocenters. The maximum absolute atomic E-state index is 5.26. The van der Waals surface area contributed by atoms with Crippen LogP contribution in [0.15, 0.2) is 36.9 Å². The Bertz CT molecular complexity index is 899. The molecule has 7 nitrogen and oxygen atoms in total. The average Bonchev–Trinajstić information content (AvgIpc) is 3.14. The van der Waals surface area contributed by atoms with Crippen LogP contribution in [0.1, 0.15) is 17.5 Å². The minimum absolute atomic E-state index is 0.536. The van der Waals surface area contributed by atoms with Crippen molar-refractivity contribution in [3.8, 4) is 5.88 Å². The van der Waals surface area contributed by atoms with Crippen LogP contribution in [0.25, 0.3) is 11.2 Å². The van der Waals surface area contributed by atoms with Crippen molar-refractivity contribution in [3.05, 3.63) is 48.0 Å². The second-order valence-electron chi connectivity index (χ2n) is 7.45. The van der Waals surface area contributed by atoms with Crippen LogP contribution >= 0.6 is 0 Å². The minimum atomic E-state index is 0.536. The van der Waals surface area contributed by atoms with Crippen molar-refractivity contribution in [2.24, 2.45) is 0 Å². The van der Waals surface area contributed by atoms with Gasteiger partial charge in [-0.1, -0.05) is 29.8 Å². The molecule has 0 unspecified atom stereocenters. The lowest BCUT2D eigenvalue weighted by Gasteiger charge is -2.34. The van der Waals surface area contributed by atoms with E-state index in [9.17, 15) is 0 Å². The van der Waals surface area contributed by atoms with E-state index in [1.165, 1.54) is 17.5 Å². The molecule has 1 aromatic carbocycles. The van der Waals surface area contributed by atoms with Gasteiger partial charge in [-0.05, 0) is 25.5 Å². The second kappa shape index (κ2) is 8.67. The van der Waals surface area contributed by atoms with Crippen molar-refractivity contribution in [2.45, 2.75) is 26.4 Å². The quantitative estimate of drug-likeness (QED) is 0.627. The fourth-order valence-electron chi connectivity index (χ4n) is 3.76. The van der Waals surface area contributed by atoms with E-state index in [0.29, 0.717) is 5.88 Å².